The first kappa shape index (κ1) is 21.8. The van der Waals surface area contributed by atoms with Gasteiger partial charge in [0.1, 0.15) is 41.7 Å². The van der Waals surface area contributed by atoms with Crippen LogP contribution in [0.4, 0.5) is 0 Å². The number of hydrogen-bond donors (Lipinski definition) is 6. The molecular weight excluding hydrogens is 396 g/mol. The Hall–Kier alpha value is -2.95. The van der Waals surface area contributed by atoms with Crippen molar-refractivity contribution in [1.82, 2.24) is 0 Å². The Labute approximate surface area is 171 Å². The van der Waals surface area contributed by atoms with Crippen molar-refractivity contribution in [3.8, 4) is 17.2 Å². The molecule has 5 atom stereocenters. The van der Waals surface area contributed by atoms with Crippen LogP contribution in [0, 0.1) is 0 Å². The van der Waals surface area contributed by atoms with Crippen LogP contribution in [0.25, 0.3) is 6.08 Å². The number of phenols is 2. The van der Waals surface area contributed by atoms with Gasteiger partial charge >= 0.3 is 0 Å². The second-order valence-electron chi connectivity index (χ2n) is 6.78. The minimum absolute atomic E-state index is 0.00572. The first-order valence-electron chi connectivity index (χ1n) is 9.12. The van der Waals surface area contributed by atoms with Crippen LogP contribution in [0.5, 0.6) is 17.2 Å². The molecule has 9 heteroatoms. The van der Waals surface area contributed by atoms with Crippen LogP contribution >= 0.6 is 0 Å². The lowest BCUT2D eigenvalue weighted by Gasteiger charge is -2.39. The summed E-state index contributed by atoms with van der Waals surface area (Å²) in [6, 6.07) is 10.0. The Morgan fingerprint density at radius 2 is 1.70 bits per heavy atom. The predicted octanol–water partition coefficient (Wildman–Crippen LogP) is 0.173. The lowest BCUT2D eigenvalue weighted by molar-refractivity contribution is -0.277. The van der Waals surface area contributed by atoms with E-state index in [1.165, 1.54) is 36.4 Å². The van der Waals surface area contributed by atoms with Crippen LogP contribution in [0.15, 0.2) is 48.5 Å². The summed E-state index contributed by atoms with van der Waals surface area (Å²) < 4.78 is 10.6. The van der Waals surface area contributed by atoms with Gasteiger partial charge in [0, 0.05) is 6.07 Å². The Morgan fingerprint density at radius 1 is 1.00 bits per heavy atom. The molecule has 0 spiro atoms. The molecule has 3 rings (SSSR count). The third-order valence-corrected chi connectivity index (χ3v) is 4.66. The molecule has 30 heavy (non-hydrogen) atoms. The highest BCUT2D eigenvalue weighted by Crippen LogP contribution is 2.28. The molecule has 9 nitrogen and oxygen atoms in total. The molecule has 1 aliphatic rings. The topological polar surface area (TPSA) is 157 Å². The maximum absolute atomic E-state index is 12.3. The normalized spacial score (nSPS) is 26.6. The molecule has 2 aromatic rings. The zero-order chi connectivity index (χ0) is 21.8. The third-order valence-electron chi connectivity index (χ3n) is 4.66. The van der Waals surface area contributed by atoms with Gasteiger partial charge in [-0.3, -0.25) is 4.79 Å². The molecule has 0 bridgehead atoms. The minimum Gasteiger partial charge on any atom is -0.508 e. The number of allylic oxidation sites excluding steroid dienone is 1. The van der Waals surface area contributed by atoms with Crippen LogP contribution in [-0.2, 0) is 4.74 Å². The van der Waals surface area contributed by atoms with Gasteiger partial charge in [0.25, 0.3) is 0 Å². The molecule has 0 aliphatic carbocycles. The molecule has 0 amide bonds. The summed E-state index contributed by atoms with van der Waals surface area (Å²) in [5.74, 6) is -0.709. The number of rotatable bonds is 6. The fourth-order valence-electron chi connectivity index (χ4n) is 2.94. The number of benzene rings is 2. The number of phenolic OH excluding ortho intramolecular Hbond substituents is 2. The molecule has 1 aliphatic heterocycles. The lowest BCUT2D eigenvalue weighted by atomic mass is 9.99. The van der Waals surface area contributed by atoms with Gasteiger partial charge in [-0.25, -0.2) is 0 Å². The van der Waals surface area contributed by atoms with Crippen molar-refractivity contribution in [3.63, 3.8) is 0 Å². The number of aliphatic hydroxyl groups is 4. The van der Waals surface area contributed by atoms with E-state index in [2.05, 4.69) is 0 Å². The van der Waals surface area contributed by atoms with E-state index < -0.39 is 43.1 Å². The van der Waals surface area contributed by atoms with Crippen molar-refractivity contribution in [2.24, 2.45) is 0 Å². The van der Waals surface area contributed by atoms with E-state index in [1.807, 2.05) is 0 Å². The summed E-state index contributed by atoms with van der Waals surface area (Å²) in [7, 11) is 0. The molecule has 0 saturated carbocycles. The van der Waals surface area contributed by atoms with Crippen molar-refractivity contribution < 1.29 is 44.9 Å². The first-order chi connectivity index (χ1) is 14.3. The standard InChI is InChI=1S/C21H22O9/c22-10-17-18(26)19(27)20(28)21(30-17)29-13-6-7-14(16(25)9-13)15(24)8-3-11-1-4-12(23)5-2-11/h1-9,17-23,25-28H,10H2/t17-,18-,19-,20-,21-/m1/s1. The van der Waals surface area contributed by atoms with Gasteiger partial charge in [-0.05, 0) is 35.9 Å². The van der Waals surface area contributed by atoms with Crippen LogP contribution in [0.1, 0.15) is 15.9 Å². The summed E-state index contributed by atoms with van der Waals surface area (Å²) in [6.45, 7) is -0.600. The molecule has 0 radical (unpaired) electrons. The molecule has 1 heterocycles. The maximum atomic E-state index is 12.3. The highest BCUT2D eigenvalue weighted by atomic mass is 16.7. The highest BCUT2D eigenvalue weighted by Gasteiger charge is 2.44. The quantitative estimate of drug-likeness (QED) is 0.284. The van der Waals surface area contributed by atoms with Crippen LogP contribution in [0.3, 0.4) is 0 Å². The average molecular weight is 418 g/mol. The Kier molecular flexibility index (Phi) is 6.70. The number of carbonyl (C=O) groups is 1. The summed E-state index contributed by atoms with van der Waals surface area (Å²) in [5.41, 5.74) is 0.689. The summed E-state index contributed by atoms with van der Waals surface area (Å²) in [4.78, 5) is 12.3. The van der Waals surface area contributed by atoms with E-state index in [-0.39, 0.29) is 22.8 Å². The van der Waals surface area contributed by atoms with Crippen LogP contribution in [0.2, 0.25) is 0 Å². The second kappa shape index (κ2) is 9.24. The molecule has 160 valence electrons. The Bertz CT molecular complexity index is 907. The summed E-state index contributed by atoms with van der Waals surface area (Å²) >= 11 is 0. The molecule has 0 aromatic heterocycles. The van der Waals surface area contributed by atoms with E-state index in [0.717, 1.165) is 6.07 Å². The molecular formula is C21H22O9. The number of aromatic hydroxyl groups is 2. The van der Waals surface area contributed by atoms with E-state index in [4.69, 9.17) is 9.47 Å². The zero-order valence-electron chi connectivity index (χ0n) is 15.7. The average Bonchev–Trinajstić information content (AvgIpc) is 2.73. The first-order valence-corrected chi connectivity index (χ1v) is 9.12. The van der Waals surface area contributed by atoms with Gasteiger partial charge in [0.05, 0.1) is 12.2 Å². The predicted molar refractivity (Wildman–Crippen MR) is 104 cm³/mol. The van der Waals surface area contributed by atoms with Crippen molar-refractivity contribution in [3.05, 3.63) is 59.7 Å². The van der Waals surface area contributed by atoms with Crippen molar-refractivity contribution >= 4 is 11.9 Å². The number of hydrogen-bond acceptors (Lipinski definition) is 9. The second-order valence-corrected chi connectivity index (χ2v) is 6.78. The zero-order valence-corrected chi connectivity index (χ0v) is 15.7. The molecule has 1 saturated heterocycles. The van der Waals surface area contributed by atoms with Crippen LogP contribution in [-0.4, -0.2) is 73.7 Å². The number of aliphatic hydroxyl groups excluding tert-OH is 4. The van der Waals surface area contributed by atoms with Crippen molar-refractivity contribution in [2.75, 3.05) is 6.61 Å². The number of ether oxygens (including phenoxy) is 2. The Balaban J connectivity index is 1.70. The minimum atomic E-state index is -1.60. The molecule has 6 N–H and O–H groups in total. The van der Waals surface area contributed by atoms with Crippen molar-refractivity contribution in [1.29, 1.82) is 0 Å². The van der Waals surface area contributed by atoms with Gasteiger partial charge in [-0.2, -0.15) is 0 Å². The lowest BCUT2D eigenvalue weighted by Crippen LogP contribution is -2.60. The summed E-state index contributed by atoms with van der Waals surface area (Å²) in [5, 5.41) is 58.2. The highest BCUT2D eigenvalue weighted by molar-refractivity contribution is 6.08. The van der Waals surface area contributed by atoms with Gasteiger partial charge in [-0.15, -0.1) is 0 Å². The molecule has 2 aromatic carbocycles. The van der Waals surface area contributed by atoms with E-state index in [0.29, 0.717) is 5.56 Å². The number of carbonyl (C=O) groups excluding carboxylic acids is 1. The smallest absolute Gasteiger partial charge is 0.229 e. The van der Waals surface area contributed by atoms with E-state index >= 15 is 0 Å². The Morgan fingerprint density at radius 3 is 2.33 bits per heavy atom. The maximum Gasteiger partial charge on any atom is 0.229 e. The fraction of sp³-hybridized carbons (Fsp3) is 0.286. The largest absolute Gasteiger partial charge is 0.508 e. The SMILES string of the molecule is O=C(C=Cc1ccc(O)cc1)c1ccc(O[C@@H]2O[C@H](CO)[C@@H](O)[C@@H](O)[C@H]2O)cc1O. The summed E-state index contributed by atoms with van der Waals surface area (Å²) in [6.07, 6.45) is -4.46. The fourth-order valence-corrected chi connectivity index (χ4v) is 2.94. The number of ketones is 1. The van der Waals surface area contributed by atoms with Crippen molar-refractivity contribution in [2.45, 2.75) is 30.7 Å². The van der Waals surface area contributed by atoms with Gasteiger partial charge in [0.2, 0.25) is 6.29 Å². The molecule has 0 unspecified atom stereocenters. The van der Waals surface area contributed by atoms with Crippen LogP contribution < -0.4 is 4.74 Å². The third kappa shape index (κ3) is 4.78. The molecule has 1 fully saturated rings. The van der Waals surface area contributed by atoms with Gasteiger partial charge in [0.15, 0.2) is 5.78 Å². The van der Waals surface area contributed by atoms with E-state index in [1.54, 1.807) is 12.1 Å². The van der Waals surface area contributed by atoms with Gasteiger partial charge < -0.3 is 40.1 Å². The van der Waals surface area contributed by atoms with E-state index in [9.17, 15) is 35.4 Å². The monoisotopic (exact) mass is 418 g/mol. The van der Waals surface area contributed by atoms with Gasteiger partial charge in [-0.1, -0.05) is 18.2 Å².